The van der Waals surface area contributed by atoms with Crippen LogP contribution >= 0.6 is 31.9 Å². The first kappa shape index (κ1) is 47.8. The molecule has 10 aromatic rings. The Morgan fingerprint density at radius 1 is 0.278 bits per heavy atom. The van der Waals surface area contributed by atoms with Crippen LogP contribution in [0.2, 0.25) is 0 Å². The topological polar surface area (TPSA) is 58.2 Å². The average Bonchev–Trinajstić information content (AvgIpc) is 3.46. The predicted octanol–water partition coefficient (Wildman–Crippen LogP) is 16.5. The molecule has 2 N–H and O–H groups in total. The number of hydrogen-bond donors (Lipinski definition) is 2. The first-order valence-corrected chi connectivity index (χ1v) is 25.8. The van der Waals surface area contributed by atoms with Crippen molar-refractivity contribution in [2.45, 2.75) is 20.5 Å². The van der Waals surface area contributed by atoms with Crippen LogP contribution in [0.25, 0.3) is 0 Å². The lowest BCUT2D eigenvalue weighted by Gasteiger charge is -2.37. The Hall–Kier alpha value is -7.90. The maximum Gasteiger partial charge on any atom is 0.255 e. The molecule has 6 heteroatoms. The van der Waals surface area contributed by atoms with E-state index in [0.717, 1.165) is 55.6 Å². The highest BCUT2D eigenvalue weighted by molar-refractivity contribution is 9.12. The summed E-state index contributed by atoms with van der Waals surface area (Å²) in [5, 5.41) is 6.23. The number of nitrogens with one attached hydrogen (secondary N) is 2. The maximum absolute atomic E-state index is 13.6. The van der Waals surface area contributed by atoms with E-state index in [1.807, 2.05) is 109 Å². The molecule has 10 rings (SSSR count). The number of alkyl halides is 2. The van der Waals surface area contributed by atoms with Crippen LogP contribution in [0.4, 0.5) is 11.4 Å². The third-order valence-corrected chi connectivity index (χ3v) is 16.5. The monoisotopic (exact) mass is 1060 g/mol. The molecule has 0 aliphatic rings. The summed E-state index contributed by atoms with van der Waals surface area (Å²) in [6.07, 6.45) is 0. The van der Waals surface area contributed by atoms with Crippen molar-refractivity contribution in [2.24, 2.45) is 0 Å². The standard InChI is InChI=1S/C66H50Br2N2O2/c67-61(47-31-35-49(36-32-47)63(71)69-59-43-39-57(40-44-59)65(51-19-7-1-8-20-51,52-21-9-2-10-22-52)53-23-11-3-12-24-53)62(68)48-33-37-50(38-34-48)64(72)70-60-45-41-58(42-46-60)66(54-25-13-4-14-26-54,55-27-15-5-16-28-55)56-29-17-6-18-30-56/h1-46,61-62H,(H,69,71)(H,70,72). The van der Waals surface area contributed by atoms with Gasteiger partial charge in [0.25, 0.3) is 11.8 Å². The smallest absolute Gasteiger partial charge is 0.255 e. The van der Waals surface area contributed by atoms with E-state index in [-0.39, 0.29) is 21.5 Å². The summed E-state index contributed by atoms with van der Waals surface area (Å²) in [6, 6.07) is 95.1. The molecule has 0 bridgehead atoms. The molecule has 72 heavy (non-hydrogen) atoms. The van der Waals surface area contributed by atoms with Crippen LogP contribution in [0.15, 0.2) is 279 Å². The fraction of sp³-hybridized carbons (Fsp3) is 0.0606. The largest absolute Gasteiger partial charge is 0.322 e. The van der Waals surface area contributed by atoms with Gasteiger partial charge in [-0.1, -0.05) is 262 Å². The zero-order valence-electron chi connectivity index (χ0n) is 39.3. The Balaban J connectivity index is 0.803. The summed E-state index contributed by atoms with van der Waals surface area (Å²) in [4.78, 5) is 27.1. The summed E-state index contributed by atoms with van der Waals surface area (Å²) < 4.78 is 0. The van der Waals surface area contributed by atoms with Gasteiger partial charge in [0, 0.05) is 22.5 Å². The van der Waals surface area contributed by atoms with Crippen LogP contribution in [0.5, 0.6) is 0 Å². The Kier molecular flexibility index (Phi) is 14.3. The molecule has 2 unspecified atom stereocenters. The molecule has 0 aromatic heterocycles. The molecular weight excluding hydrogens is 1010 g/mol. The quantitative estimate of drug-likeness (QED) is 0.0794. The van der Waals surface area contributed by atoms with E-state index in [1.165, 1.54) is 0 Å². The fourth-order valence-corrected chi connectivity index (χ4v) is 11.3. The van der Waals surface area contributed by atoms with Crippen molar-refractivity contribution in [3.05, 3.63) is 346 Å². The molecule has 350 valence electrons. The summed E-state index contributed by atoms with van der Waals surface area (Å²) in [6.45, 7) is 0. The van der Waals surface area contributed by atoms with E-state index in [1.54, 1.807) is 0 Å². The lowest BCUT2D eigenvalue weighted by Crippen LogP contribution is -2.31. The van der Waals surface area contributed by atoms with Gasteiger partial charge in [0.1, 0.15) is 0 Å². The Morgan fingerprint density at radius 2 is 0.486 bits per heavy atom. The normalized spacial score (nSPS) is 12.3. The van der Waals surface area contributed by atoms with E-state index in [4.69, 9.17) is 0 Å². The molecule has 0 aliphatic carbocycles. The van der Waals surface area contributed by atoms with Crippen LogP contribution in [0, 0.1) is 0 Å². The number of halogens is 2. The van der Waals surface area contributed by atoms with Gasteiger partial charge in [-0.25, -0.2) is 0 Å². The molecule has 0 fully saturated rings. The van der Waals surface area contributed by atoms with Crippen LogP contribution in [0.3, 0.4) is 0 Å². The zero-order valence-corrected chi connectivity index (χ0v) is 42.5. The van der Waals surface area contributed by atoms with E-state index < -0.39 is 10.8 Å². The number of anilines is 2. The molecule has 10 aromatic carbocycles. The lowest BCUT2D eigenvalue weighted by molar-refractivity contribution is 0.101. The fourth-order valence-electron chi connectivity index (χ4n) is 10.1. The van der Waals surface area contributed by atoms with Crippen molar-refractivity contribution in [1.29, 1.82) is 0 Å². The molecule has 2 atom stereocenters. The van der Waals surface area contributed by atoms with Gasteiger partial charge in [0.15, 0.2) is 0 Å². The minimum Gasteiger partial charge on any atom is -0.322 e. The summed E-state index contributed by atoms with van der Waals surface area (Å²) in [5.41, 5.74) is 12.5. The number of amides is 2. The molecule has 0 spiro atoms. The van der Waals surface area contributed by atoms with E-state index in [2.05, 4.69) is 212 Å². The van der Waals surface area contributed by atoms with Gasteiger partial charge in [0.05, 0.1) is 20.5 Å². The van der Waals surface area contributed by atoms with Crippen molar-refractivity contribution < 1.29 is 9.59 Å². The molecular formula is C66H50Br2N2O2. The minimum atomic E-state index is -0.572. The first-order valence-electron chi connectivity index (χ1n) is 24.0. The van der Waals surface area contributed by atoms with Gasteiger partial charge in [0.2, 0.25) is 0 Å². The van der Waals surface area contributed by atoms with Gasteiger partial charge >= 0.3 is 0 Å². The molecule has 0 radical (unpaired) electrons. The summed E-state index contributed by atoms with van der Waals surface area (Å²) in [7, 11) is 0. The van der Waals surface area contributed by atoms with Gasteiger partial charge in [-0.15, -0.1) is 0 Å². The highest BCUT2D eigenvalue weighted by Gasteiger charge is 2.39. The van der Waals surface area contributed by atoms with Gasteiger partial charge in [-0.3, -0.25) is 9.59 Å². The van der Waals surface area contributed by atoms with Gasteiger partial charge in [-0.05, 0) is 104 Å². The van der Waals surface area contributed by atoms with E-state index in [9.17, 15) is 9.59 Å². The van der Waals surface area contributed by atoms with E-state index in [0.29, 0.717) is 22.5 Å². The lowest BCUT2D eigenvalue weighted by atomic mass is 9.65. The molecule has 0 saturated carbocycles. The second-order valence-corrected chi connectivity index (χ2v) is 19.8. The van der Waals surface area contributed by atoms with Crippen LogP contribution in [0.1, 0.15) is 86.0 Å². The SMILES string of the molecule is O=C(Nc1ccc(C(c2ccccc2)(c2ccccc2)c2ccccc2)cc1)c1ccc(C(Br)C(Br)c2ccc(C(=O)Nc3ccc(C(c4ccccc4)(c4ccccc4)c4ccccc4)cc3)cc2)cc1. The Labute approximate surface area is 438 Å². The average molecular weight is 1060 g/mol. The van der Waals surface area contributed by atoms with Crippen molar-refractivity contribution in [3.8, 4) is 0 Å². The number of hydrogen-bond acceptors (Lipinski definition) is 2. The van der Waals surface area contributed by atoms with Gasteiger partial charge < -0.3 is 10.6 Å². The second kappa shape index (κ2) is 21.6. The van der Waals surface area contributed by atoms with Crippen molar-refractivity contribution in [3.63, 3.8) is 0 Å². The highest BCUT2D eigenvalue weighted by Crippen LogP contribution is 2.47. The van der Waals surface area contributed by atoms with Gasteiger partial charge in [-0.2, -0.15) is 0 Å². The number of rotatable bonds is 15. The minimum absolute atomic E-state index is 0.116. The third-order valence-electron chi connectivity index (χ3n) is 13.6. The predicted molar refractivity (Wildman–Crippen MR) is 302 cm³/mol. The molecule has 0 heterocycles. The van der Waals surface area contributed by atoms with Crippen molar-refractivity contribution in [2.75, 3.05) is 10.6 Å². The summed E-state index contributed by atoms with van der Waals surface area (Å²) in [5.74, 6) is -0.388. The Morgan fingerprint density at radius 3 is 0.708 bits per heavy atom. The molecule has 0 saturated heterocycles. The van der Waals surface area contributed by atoms with Crippen molar-refractivity contribution >= 4 is 55.0 Å². The molecule has 2 amide bonds. The summed E-state index contributed by atoms with van der Waals surface area (Å²) >= 11 is 7.81. The zero-order chi connectivity index (χ0) is 49.3. The highest BCUT2D eigenvalue weighted by atomic mass is 79.9. The number of benzene rings is 10. The van der Waals surface area contributed by atoms with Crippen LogP contribution in [-0.4, -0.2) is 11.8 Å². The Bertz CT molecular complexity index is 2930. The number of carbonyl (C=O) groups is 2. The number of carbonyl (C=O) groups excluding carboxylic acids is 2. The van der Waals surface area contributed by atoms with Crippen LogP contribution in [-0.2, 0) is 10.8 Å². The second-order valence-electron chi connectivity index (χ2n) is 17.8. The molecule has 4 nitrogen and oxygen atoms in total. The maximum atomic E-state index is 13.6. The van der Waals surface area contributed by atoms with Crippen LogP contribution < -0.4 is 10.6 Å². The van der Waals surface area contributed by atoms with Crippen molar-refractivity contribution in [1.82, 2.24) is 0 Å². The third kappa shape index (κ3) is 9.51. The van der Waals surface area contributed by atoms with E-state index >= 15 is 0 Å². The molecule has 0 aliphatic heterocycles. The first-order chi connectivity index (χ1) is 35.3.